The van der Waals surface area contributed by atoms with Gasteiger partial charge in [0.05, 0.1) is 36.3 Å². The van der Waals surface area contributed by atoms with Crippen LogP contribution in [0.4, 0.5) is 0 Å². The molecule has 0 spiro atoms. The third-order valence-corrected chi connectivity index (χ3v) is 6.78. The Morgan fingerprint density at radius 3 is 2.55 bits per heavy atom. The zero-order valence-electron chi connectivity index (χ0n) is 19.3. The van der Waals surface area contributed by atoms with Crippen LogP contribution in [0.5, 0.6) is 5.88 Å². The monoisotopic (exact) mass is 425 g/mol. The second-order valence-electron chi connectivity index (χ2n) is 9.50. The molecule has 0 amide bonds. The molecule has 2 aromatic rings. The van der Waals surface area contributed by atoms with Crippen LogP contribution < -0.4 is 10.2 Å². The third kappa shape index (κ3) is 4.22. The van der Waals surface area contributed by atoms with Crippen molar-refractivity contribution < 1.29 is 19.2 Å². The van der Waals surface area contributed by atoms with Crippen LogP contribution in [0.1, 0.15) is 45.4 Å². The van der Waals surface area contributed by atoms with Crippen LogP contribution in [0.2, 0.25) is 0 Å². The van der Waals surface area contributed by atoms with Crippen molar-refractivity contribution in [2.75, 3.05) is 20.2 Å². The standard InChI is InChI=1S/C23H32BN3O4/c1-15-17(8-7-9-18(15)24-30-22(2,3)23(4,5)31-24)19-12-25-20(21(26-19)29-6)14-27-11-10-16(28)13-27/h7-9,12,16,28H,10-11,13-14H2,1-6H3/t16-/m1/s1. The molecular weight excluding hydrogens is 393 g/mol. The van der Waals surface area contributed by atoms with Crippen LogP contribution >= 0.6 is 0 Å². The van der Waals surface area contributed by atoms with Crippen LogP contribution in [0, 0.1) is 6.92 Å². The van der Waals surface area contributed by atoms with Crippen LogP contribution in [-0.2, 0) is 15.9 Å². The van der Waals surface area contributed by atoms with E-state index < -0.39 is 18.3 Å². The second-order valence-corrected chi connectivity index (χ2v) is 9.50. The number of aliphatic hydroxyl groups is 1. The number of β-amino-alcohol motifs (C(OH)–C–C–N with tert-alkyl or cyclic N) is 1. The van der Waals surface area contributed by atoms with Crippen LogP contribution in [0.15, 0.2) is 24.4 Å². The number of hydrogen-bond acceptors (Lipinski definition) is 7. The van der Waals surface area contributed by atoms with E-state index in [2.05, 4.69) is 44.5 Å². The number of aliphatic hydroxyl groups excluding tert-OH is 1. The minimum absolute atomic E-state index is 0.265. The van der Waals surface area contributed by atoms with Gasteiger partial charge in [-0.2, -0.15) is 0 Å². The Morgan fingerprint density at radius 2 is 1.94 bits per heavy atom. The van der Waals surface area contributed by atoms with Gasteiger partial charge in [0.2, 0.25) is 5.88 Å². The van der Waals surface area contributed by atoms with Crippen molar-refractivity contribution in [1.29, 1.82) is 0 Å². The molecule has 0 saturated carbocycles. The summed E-state index contributed by atoms with van der Waals surface area (Å²) in [6.07, 6.45) is 2.32. The Morgan fingerprint density at radius 1 is 1.23 bits per heavy atom. The first-order valence-corrected chi connectivity index (χ1v) is 10.9. The number of aromatic nitrogens is 2. The fourth-order valence-electron chi connectivity index (χ4n) is 4.12. The highest BCUT2D eigenvalue weighted by molar-refractivity contribution is 6.62. The molecule has 166 valence electrons. The first-order chi connectivity index (χ1) is 14.6. The van der Waals surface area contributed by atoms with Crippen LogP contribution in [0.25, 0.3) is 11.3 Å². The molecule has 1 aromatic heterocycles. The van der Waals surface area contributed by atoms with Crippen molar-refractivity contribution in [1.82, 2.24) is 14.9 Å². The van der Waals surface area contributed by atoms with Gasteiger partial charge in [0.15, 0.2) is 0 Å². The average Bonchev–Trinajstić information content (AvgIpc) is 3.21. The summed E-state index contributed by atoms with van der Waals surface area (Å²) in [6.45, 7) is 12.4. The number of hydrogen-bond donors (Lipinski definition) is 1. The fraction of sp³-hybridized carbons (Fsp3) is 0.565. The Labute approximate surface area is 184 Å². The van der Waals surface area contributed by atoms with Crippen molar-refractivity contribution in [3.8, 4) is 17.1 Å². The van der Waals surface area contributed by atoms with Gasteiger partial charge < -0.3 is 19.2 Å². The maximum Gasteiger partial charge on any atom is 0.495 e. The molecule has 0 unspecified atom stereocenters. The van der Waals surface area contributed by atoms with Gasteiger partial charge in [0.1, 0.15) is 5.69 Å². The van der Waals surface area contributed by atoms with E-state index in [1.54, 1.807) is 13.3 Å². The molecule has 2 saturated heterocycles. The minimum Gasteiger partial charge on any atom is -0.480 e. The summed E-state index contributed by atoms with van der Waals surface area (Å²) in [6, 6.07) is 6.07. The first-order valence-electron chi connectivity index (χ1n) is 10.9. The molecule has 8 heteroatoms. The first kappa shape index (κ1) is 22.2. The molecule has 4 rings (SSSR count). The smallest absolute Gasteiger partial charge is 0.480 e. The van der Waals surface area contributed by atoms with Gasteiger partial charge in [-0.1, -0.05) is 18.2 Å². The number of methoxy groups -OCH3 is 1. The lowest BCUT2D eigenvalue weighted by Gasteiger charge is -2.32. The zero-order chi connectivity index (χ0) is 22.4. The average molecular weight is 425 g/mol. The van der Waals surface area contributed by atoms with E-state index in [4.69, 9.17) is 19.0 Å². The van der Waals surface area contributed by atoms with E-state index in [9.17, 15) is 5.11 Å². The second kappa shape index (κ2) is 8.17. The van der Waals surface area contributed by atoms with Gasteiger partial charge in [-0.05, 0) is 52.1 Å². The predicted molar refractivity (Wildman–Crippen MR) is 120 cm³/mol. The summed E-state index contributed by atoms with van der Waals surface area (Å²) in [5.74, 6) is 0.513. The molecule has 0 aliphatic carbocycles. The molecule has 3 heterocycles. The molecule has 0 radical (unpaired) electrons. The summed E-state index contributed by atoms with van der Waals surface area (Å²) in [5, 5.41) is 9.78. The number of benzene rings is 1. The molecule has 2 aliphatic heterocycles. The summed E-state index contributed by atoms with van der Waals surface area (Å²) < 4.78 is 18.1. The van der Waals surface area contributed by atoms with Crippen molar-refractivity contribution in [2.24, 2.45) is 0 Å². The van der Waals surface area contributed by atoms with Gasteiger partial charge in [0, 0.05) is 25.2 Å². The zero-order valence-corrected chi connectivity index (χ0v) is 19.3. The van der Waals surface area contributed by atoms with Crippen LogP contribution in [-0.4, -0.2) is 64.6 Å². The molecular formula is C23H32BN3O4. The molecule has 1 N–H and O–H groups in total. The topological polar surface area (TPSA) is 76.9 Å². The largest absolute Gasteiger partial charge is 0.495 e. The summed E-state index contributed by atoms with van der Waals surface area (Å²) in [5.41, 5.74) is 3.75. The highest BCUT2D eigenvalue weighted by Gasteiger charge is 2.52. The lowest BCUT2D eigenvalue weighted by atomic mass is 9.75. The molecule has 1 atom stereocenters. The number of nitrogens with zero attached hydrogens (tertiary/aromatic N) is 3. The van der Waals surface area contributed by atoms with E-state index >= 15 is 0 Å². The minimum atomic E-state index is -0.430. The van der Waals surface area contributed by atoms with E-state index in [0.717, 1.165) is 40.9 Å². The number of ether oxygens (including phenoxy) is 1. The van der Waals surface area contributed by atoms with Crippen molar-refractivity contribution >= 4 is 12.6 Å². The van der Waals surface area contributed by atoms with Gasteiger partial charge in [-0.15, -0.1) is 0 Å². The fourth-order valence-corrected chi connectivity index (χ4v) is 4.12. The molecule has 7 nitrogen and oxygen atoms in total. The van der Waals surface area contributed by atoms with E-state index in [1.807, 2.05) is 18.2 Å². The number of rotatable bonds is 5. The highest BCUT2D eigenvalue weighted by atomic mass is 16.7. The van der Waals surface area contributed by atoms with E-state index in [-0.39, 0.29) is 6.10 Å². The highest BCUT2D eigenvalue weighted by Crippen LogP contribution is 2.37. The Kier molecular flexibility index (Phi) is 5.85. The summed E-state index contributed by atoms with van der Waals surface area (Å²) in [4.78, 5) is 11.6. The van der Waals surface area contributed by atoms with Gasteiger partial charge in [-0.25, -0.2) is 4.98 Å². The van der Waals surface area contributed by atoms with Gasteiger partial charge >= 0.3 is 7.12 Å². The lowest BCUT2D eigenvalue weighted by molar-refractivity contribution is 0.00578. The Balaban J connectivity index is 1.62. The Hall–Kier alpha value is -2.00. The Bertz CT molecular complexity index is 950. The SMILES string of the molecule is COc1nc(-c2cccc(B3OC(C)(C)C(C)(C)O3)c2C)cnc1CN1CC[C@@H](O)C1. The quantitative estimate of drug-likeness (QED) is 0.737. The molecule has 1 aromatic carbocycles. The molecule has 31 heavy (non-hydrogen) atoms. The maximum absolute atomic E-state index is 9.78. The molecule has 0 bridgehead atoms. The van der Waals surface area contributed by atoms with Crippen molar-refractivity contribution in [3.63, 3.8) is 0 Å². The van der Waals surface area contributed by atoms with Gasteiger partial charge in [-0.3, -0.25) is 9.88 Å². The molecule has 2 aliphatic rings. The maximum atomic E-state index is 9.78. The van der Waals surface area contributed by atoms with Gasteiger partial charge in [0.25, 0.3) is 0 Å². The predicted octanol–water partition coefficient (Wildman–Crippen LogP) is 2.33. The summed E-state index contributed by atoms with van der Waals surface area (Å²) >= 11 is 0. The van der Waals surface area contributed by atoms with E-state index in [1.165, 1.54) is 0 Å². The van der Waals surface area contributed by atoms with Crippen molar-refractivity contribution in [2.45, 2.75) is 64.9 Å². The third-order valence-electron chi connectivity index (χ3n) is 6.78. The molecule has 2 fully saturated rings. The normalized spacial score (nSPS) is 22.8. The van der Waals surface area contributed by atoms with Crippen molar-refractivity contribution in [3.05, 3.63) is 35.7 Å². The number of likely N-dealkylation sites (tertiary alicyclic amines) is 1. The van der Waals surface area contributed by atoms with Crippen LogP contribution in [0.3, 0.4) is 0 Å². The van der Waals surface area contributed by atoms with E-state index in [0.29, 0.717) is 19.0 Å². The lowest BCUT2D eigenvalue weighted by Crippen LogP contribution is -2.41. The summed E-state index contributed by atoms with van der Waals surface area (Å²) in [7, 11) is 1.18.